The number of hydrogen-bond donors (Lipinski definition) is 3. The summed E-state index contributed by atoms with van der Waals surface area (Å²) >= 11 is 0. The number of carbonyl (C=O) groups excluding carboxylic acids is 2. The minimum atomic E-state index is -0.676. The van der Waals surface area contributed by atoms with E-state index in [1.54, 1.807) is 18.2 Å². The summed E-state index contributed by atoms with van der Waals surface area (Å²) in [4.78, 5) is 23.8. The van der Waals surface area contributed by atoms with Gasteiger partial charge >= 0.3 is 0 Å². The molecule has 0 unspecified atom stereocenters. The van der Waals surface area contributed by atoms with Crippen molar-refractivity contribution in [3.8, 4) is 0 Å². The van der Waals surface area contributed by atoms with Crippen LogP contribution in [0, 0.1) is 0 Å². The maximum Gasteiger partial charge on any atom is 0.273 e. The molecular weight excluding hydrogens is 284 g/mol. The summed E-state index contributed by atoms with van der Waals surface area (Å²) in [6.07, 6.45) is 1.68. The van der Waals surface area contributed by atoms with Crippen LogP contribution in [0.5, 0.6) is 0 Å². The number of benzene rings is 1. The number of aromatic nitrogens is 2. The van der Waals surface area contributed by atoms with Crippen LogP contribution < -0.4 is 16.1 Å². The second-order valence-corrected chi connectivity index (χ2v) is 4.77. The summed E-state index contributed by atoms with van der Waals surface area (Å²) in [5.74, 6) is -0.465. The van der Waals surface area contributed by atoms with Crippen molar-refractivity contribution in [1.82, 2.24) is 10.2 Å². The third-order valence-electron chi connectivity index (χ3n) is 3.27. The number of nitrogens with two attached hydrogens (primary N) is 1. The first kappa shape index (κ1) is 13.8. The number of amides is 2. The van der Waals surface area contributed by atoms with Gasteiger partial charge in [0.2, 0.25) is 5.91 Å². The van der Waals surface area contributed by atoms with Crippen LogP contribution in [0.3, 0.4) is 0 Å². The Morgan fingerprint density at radius 1 is 1.27 bits per heavy atom. The molecule has 0 radical (unpaired) electrons. The molecule has 22 heavy (non-hydrogen) atoms. The maximum absolute atomic E-state index is 12.2. The molecule has 2 amide bonds. The first-order valence-corrected chi connectivity index (χ1v) is 6.67. The van der Waals surface area contributed by atoms with Crippen LogP contribution in [0.2, 0.25) is 0 Å². The molecule has 112 valence electrons. The molecule has 0 spiro atoms. The Hall–Kier alpha value is -3.16. The lowest BCUT2D eigenvalue weighted by atomic mass is 10.1. The number of hydrogen-bond acceptors (Lipinski definition) is 5. The van der Waals surface area contributed by atoms with Gasteiger partial charge in [0, 0.05) is 12.5 Å². The fourth-order valence-electron chi connectivity index (χ4n) is 2.21. The molecule has 1 aromatic heterocycles. The Balaban J connectivity index is 1.83. The fraction of sp³-hybridized carbons (Fsp3) is 0.143. The van der Waals surface area contributed by atoms with E-state index >= 15 is 0 Å². The Kier molecular flexibility index (Phi) is 3.57. The SMILES string of the molecule is NC(=O)[C@@H]1CC(C(=O)Nc2ccn[nH]2)=NN1c1ccccc1. The van der Waals surface area contributed by atoms with Crippen LogP contribution in [0.1, 0.15) is 6.42 Å². The molecule has 1 atom stereocenters. The molecule has 2 aromatic rings. The van der Waals surface area contributed by atoms with Crippen molar-refractivity contribution in [2.45, 2.75) is 12.5 Å². The average molecular weight is 298 g/mol. The molecule has 3 rings (SSSR count). The molecule has 4 N–H and O–H groups in total. The van der Waals surface area contributed by atoms with Crippen molar-refractivity contribution in [3.05, 3.63) is 42.6 Å². The molecule has 0 saturated carbocycles. The van der Waals surface area contributed by atoms with Crippen LogP contribution in [0.4, 0.5) is 11.5 Å². The minimum Gasteiger partial charge on any atom is -0.368 e. The monoisotopic (exact) mass is 298 g/mol. The zero-order valence-corrected chi connectivity index (χ0v) is 11.6. The van der Waals surface area contributed by atoms with E-state index in [1.165, 1.54) is 11.2 Å². The van der Waals surface area contributed by atoms with Crippen molar-refractivity contribution < 1.29 is 9.59 Å². The van der Waals surface area contributed by atoms with Crippen LogP contribution in [-0.4, -0.2) is 33.8 Å². The number of H-pyrrole nitrogens is 1. The molecule has 0 bridgehead atoms. The van der Waals surface area contributed by atoms with Gasteiger partial charge in [-0.2, -0.15) is 10.2 Å². The molecule has 0 fully saturated rings. The first-order chi connectivity index (χ1) is 10.6. The Bertz CT molecular complexity index is 710. The number of hydrazone groups is 1. The number of carbonyl (C=O) groups is 2. The Labute approximate surface area is 126 Å². The van der Waals surface area contributed by atoms with Crippen molar-refractivity contribution >= 4 is 29.0 Å². The zero-order valence-electron chi connectivity index (χ0n) is 11.6. The highest BCUT2D eigenvalue weighted by molar-refractivity contribution is 6.44. The van der Waals surface area contributed by atoms with Crippen LogP contribution in [-0.2, 0) is 9.59 Å². The van der Waals surface area contributed by atoms with E-state index in [0.29, 0.717) is 11.5 Å². The molecule has 1 aliphatic rings. The highest BCUT2D eigenvalue weighted by atomic mass is 16.2. The lowest BCUT2D eigenvalue weighted by molar-refractivity contribution is -0.119. The van der Waals surface area contributed by atoms with Gasteiger partial charge in [-0.3, -0.25) is 19.7 Å². The summed E-state index contributed by atoms with van der Waals surface area (Å²) in [7, 11) is 0. The van der Waals surface area contributed by atoms with Gasteiger partial charge in [-0.05, 0) is 12.1 Å². The summed E-state index contributed by atoms with van der Waals surface area (Å²) in [5, 5.41) is 14.7. The third-order valence-corrected chi connectivity index (χ3v) is 3.27. The summed E-state index contributed by atoms with van der Waals surface area (Å²) in [6, 6.07) is 10.1. The average Bonchev–Trinajstić information content (AvgIpc) is 3.17. The standard InChI is InChI=1S/C14H14N6O2/c15-13(21)11-8-10(14(22)17-12-6-7-16-18-12)19-20(11)9-4-2-1-3-5-9/h1-7,11H,8H2,(H2,15,21)(H2,16,17,18,22)/t11-/m0/s1. The minimum absolute atomic E-state index is 0.157. The molecule has 1 aromatic carbocycles. The van der Waals surface area contributed by atoms with Gasteiger partial charge in [-0.1, -0.05) is 18.2 Å². The van der Waals surface area contributed by atoms with Crippen molar-refractivity contribution in [2.75, 3.05) is 10.3 Å². The van der Waals surface area contributed by atoms with E-state index in [-0.39, 0.29) is 12.1 Å². The van der Waals surface area contributed by atoms with Crippen molar-refractivity contribution in [1.29, 1.82) is 0 Å². The highest BCUT2D eigenvalue weighted by Gasteiger charge is 2.34. The number of nitrogens with zero attached hydrogens (tertiary/aromatic N) is 3. The van der Waals surface area contributed by atoms with Crippen LogP contribution >= 0.6 is 0 Å². The number of para-hydroxylation sites is 1. The first-order valence-electron chi connectivity index (χ1n) is 6.67. The lowest BCUT2D eigenvalue weighted by Crippen LogP contribution is -2.39. The summed E-state index contributed by atoms with van der Waals surface area (Å²) in [5.41, 5.74) is 6.36. The lowest BCUT2D eigenvalue weighted by Gasteiger charge is -2.20. The van der Waals surface area contributed by atoms with Crippen LogP contribution in [0.15, 0.2) is 47.7 Å². The predicted molar refractivity (Wildman–Crippen MR) is 81.2 cm³/mol. The molecule has 2 heterocycles. The molecule has 0 aliphatic carbocycles. The quantitative estimate of drug-likeness (QED) is 0.760. The van der Waals surface area contributed by atoms with Gasteiger partial charge in [0.25, 0.3) is 5.91 Å². The van der Waals surface area contributed by atoms with E-state index < -0.39 is 17.9 Å². The second kappa shape index (κ2) is 5.68. The summed E-state index contributed by atoms with van der Waals surface area (Å²) < 4.78 is 0. The molecular formula is C14H14N6O2. The smallest absolute Gasteiger partial charge is 0.273 e. The van der Waals surface area contributed by atoms with Crippen LogP contribution in [0.25, 0.3) is 0 Å². The van der Waals surface area contributed by atoms with Gasteiger partial charge < -0.3 is 11.1 Å². The Morgan fingerprint density at radius 2 is 2.05 bits per heavy atom. The number of aromatic amines is 1. The number of rotatable bonds is 4. The van der Waals surface area contributed by atoms with E-state index in [0.717, 1.165) is 0 Å². The zero-order chi connectivity index (χ0) is 15.5. The number of primary amides is 1. The third kappa shape index (κ3) is 2.66. The highest BCUT2D eigenvalue weighted by Crippen LogP contribution is 2.24. The van der Waals surface area contributed by atoms with Gasteiger partial charge in [0.15, 0.2) is 0 Å². The van der Waals surface area contributed by atoms with Gasteiger partial charge in [-0.15, -0.1) is 0 Å². The normalized spacial score (nSPS) is 17.2. The summed E-state index contributed by atoms with van der Waals surface area (Å²) in [6.45, 7) is 0. The maximum atomic E-state index is 12.2. The van der Waals surface area contributed by atoms with Crippen molar-refractivity contribution in [2.24, 2.45) is 10.8 Å². The topological polar surface area (TPSA) is 116 Å². The van der Waals surface area contributed by atoms with Gasteiger partial charge in [0.05, 0.1) is 11.9 Å². The fourth-order valence-corrected chi connectivity index (χ4v) is 2.21. The van der Waals surface area contributed by atoms with Gasteiger partial charge in [0.1, 0.15) is 17.6 Å². The van der Waals surface area contributed by atoms with E-state index in [4.69, 9.17) is 5.73 Å². The molecule has 8 heteroatoms. The molecule has 1 aliphatic heterocycles. The number of anilines is 2. The second-order valence-electron chi connectivity index (χ2n) is 4.77. The largest absolute Gasteiger partial charge is 0.368 e. The van der Waals surface area contributed by atoms with E-state index in [2.05, 4.69) is 20.6 Å². The van der Waals surface area contributed by atoms with Crippen molar-refractivity contribution in [3.63, 3.8) is 0 Å². The predicted octanol–water partition coefficient (Wildman–Crippen LogP) is 0.468. The molecule has 8 nitrogen and oxygen atoms in total. The Morgan fingerprint density at radius 3 is 2.68 bits per heavy atom. The van der Waals surface area contributed by atoms with Gasteiger partial charge in [-0.25, -0.2) is 0 Å². The van der Waals surface area contributed by atoms with E-state index in [9.17, 15) is 9.59 Å². The van der Waals surface area contributed by atoms with E-state index in [1.807, 2.05) is 18.2 Å². The number of nitrogens with one attached hydrogen (secondary N) is 2. The molecule has 0 saturated heterocycles.